The molecule has 1 saturated heterocycles. The van der Waals surface area contributed by atoms with Crippen LogP contribution in [0.25, 0.3) is 0 Å². The lowest BCUT2D eigenvalue weighted by Crippen LogP contribution is -2.65. The van der Waals surface area contributed by atoms with E-state index in [1.807, 2.05) is 0 Å². The average Bonchev–Trinajstić information content (AvgIpc) is 3.20. The molecule has 0 amide bonds. The Labute approximate surface area is 119 Å². The Kier molecular flexibility index (Phi) is 4.91. The predicted molar refractivity (Wildman–Crippen MR) is 82.5 cm³/mol. The van der Waals surface area contributed by atoms with Crippen molar-refractivity contribution in [2.45, 2.75) is 64.1 Å². The topological polar surface area (TPSA) is 18.5 Å². The van der Waals surface area contributed by atoms with E-state index in [0.717, 1.165) is 12.0 Å². The van der Waals surface area contributed by atoms with Crippen molar-refractivity contribution in [1.29, 1.82) is 0 Å². The number of piperazine rings is 1. The molecule has 112 valence electrons. The normalized spacial score (nSPS) is 34.7. The molecule has 1 aliphatic heterocycles. The minimum absolute atomic E-state index is 0.373. The van der Waals surface area contributed by atoms with Crippen LogP contribution < -0.4 is 5.32 Å². The van der Waals surface area contributed by atoms with Crippen LogP contribution in [0.4, 0.5) is 0 Å². The molecule has 0 aromatic rings. The van der Waals surface area contributed by atoms with Crippen LogP contribution >= 0.6 is 0 Å². The third-order valence-electron chi connectivity index (χ3n) is 5.23. The summed E-state index contributed by atoms with van der Waals surface area (Å²) in [7, 11) is 4.35. The van der Waals surface area contributed by atoms with Crippen molar-refractivity contribution in [3.8, 4) is 0 Å². The first-order valence-corrected chi connectivity index (χ1v) is 8.11. The van der Waals surface area contributed by atoms with Crippen LogP contribution in [-0.4, -0.2) is 61.2 Å². The molecule has 1 saturated carbocycles. The monoisotopic (exact) mass is 267 g/mol. The summed E-state index contributed by atoms with van der Waals surface area (Å²) in [6.45, 7) is 10.8. The highest BCUT2D eigenvalue weighted by Gasteiger charge is 2.46. The molecule has 1 heterocycles. The number of nitrogens with zero attached hydrogens (tertiary/aromatic N) is 2. The van der Waals surface area contributed by atoms with Crippen LogP contribution in [-0.2, 0) is 0 Å². The number of rotatable bonds is 6. The maximum Gasteiger partial charge on any atom is 0.0309 e. The molecule has 0 spiro atoms. The maximum absolute atomic E-state index is 3.86. The summed E-state index contributed by atoms with van der Waals surface area (Å²) in [5, 5.41) is 3.86. The van der Waals surface area contributed by atoms with Crippen molar-refractivity contribution in [3.05, 3.63) is 0 Å². The largest absolute Gasteiger partial charge is 0.309 e. The van der Waals surface area contributed by atoms with Gasteiger partial charge in [-0.2, -0.15) is 0 Å². The maximum atomic E-state index is 3.86. The molecule has 3 heteroatoms. The lowest BCUT2D eigenvalue weighted by molar-refractivity contribution is 0.0374. The van der Waals surface area contributed by atoms with Gasteiger partial charge in [-0.05, 0) is 66.1 Å². The summed E-state index contributed by atoms with van der Waals surface area (Å²) < 4.78 is 0. The van der Waals surface area contributed by atoms with Gasteiger partial charge in [-0.3, -0.25) is 4.90 Å². The molecule has 0 aromatic heterocycles. The van der Waals surface area contributed by atoms with E-state index in [2.05, 4.69) is 50.0 Å². The zero-order valence-electron chi connectivity index (χ0n) is 13.6. The molecule has 0 radical (unpaired) electrons. The van der Waals surface area contributed by atoms with E-state index in [0.29, 0.717) is 11.6 Å². The Morgan fingerprint density at radius 3 is 2.58 bits per heavy atom. The highest BCUT2D eigenvalue weighted by Crippen LogP contribution is 2.41. The summed E-state index contributed by atoms with van der Waals surface area (Å²) in [6, 6.07) is 1.43. The Morgan fingerprint density at radius 1 is 1.37 bits per heavy atom. The van der Waals surface area contributed by atoms with Gasteiger partial charge in [0.25, 0.3) is 0 Å². The molecule has 1 N–H and O–H groups in total. The van der Waals surface area contributed by atoms with Gasteiger partial charge in [0.05, 0.1) is 0 Å². The first-order chi connectivity index (χ1) is 8.96. The van der Waals surface area contributed by atoms with E-state index in [4.69, 9.17) is 0 Å². The van der Waals surface area contributed by atoms with Crippen LogP contribution in [0.15, 0.2) is 0 Å². The van der Waals surface area contributed by atoms with E-state index >= 15 is 0 Å². The molecule has 0 aromatic carbocycles. The molecule has 3 unspecified atom stereocenters. The van der Waals surface area contributed by atoms with E-state index in [9.17, 15) is 0 Å². The summed E-state index contributed by atoms with van der Waals surface area (Å²) >= 11 is 0. The van der Waals surface area contributed by atoms with Crippen molar-refractivity contribution >= 4 is 0 Å². The molecular formula is C16H33N3. The number of hydrogen-bond acceptors (Lipinski definition) is 3. The number of nitrogens with one attached hydrogen (secondary N) is 1. The Balaban J connectivity index is 1.96. The molecule has 0 bridgehead atoms. The highest BCUT2D eigenvalue weighted by molar-refractivity contribution is 5.04. The Morgan fingerprint density at radius 2 is 2.05 bits per heavy atom. The lowest BCUT2D eigenvalue weighted by atomic mass is 9.89. The van der Waals surface area contributed by atoms with Crippen LogP contribution in [0, 0.1) is 5.92 Å². The third-order valence-corrected chi connectivity index (χ3v) is 5.23. The number of hydrogen-bond donors (Lipinski definition) is 1. The molecule has 1 aliphatic carbocycles. The fourth-order valence-electron chi connectivity index (χ4n) is 3.53. The van der Waals surface area contributed by atoms with Gasteiger partial charge in [-0.25, -0.2) is 0 Å². The predicted octanol–water partition coefficient (Wildman–Crippen LogP) is 2.18. The quantitative estimate of drug-likeness (QED) is 0.796. The first kappa shape index (κ1) is 15.3. The molecule has 2 fully saturated rings. The minimum Gasteiger partial charge on any atom is -0.309 e. The fourth-order valence-corrected chi connectivity index (χ4v) is 3.53. The van der Waals surface area contributed by atoms with E-state index < -0.39 is 0 Å². The molecule has 3 nitrogen and oxygen atoms in total. The van der Waals surface area contributed by atoms with Crippen LogP contribution in [0.3, 0.4) is 0 Å². The minimum atomic E-state index is 0.373. The zero-order chi connectivity index (χ0) is 14.0. The van der Waals surface area contributed by atoms with Gasteiger partial charge < -0.3 is 10.2 Å². The van der Waals surface area contributed by atoms with Gasteiger partial charge in [0.1, 0.15) is 0 Å². The van der Waals surface area contributed by atoms with Gasteiger partial charge in [-0.1, -0.05) is 6.92 Å². The molecule has 2 aliphatic rings. The van der Waals surface area contributed by atoms with Crippen molar-refractivity contribution in [2.75, 3.05) is 33.7 Å². The van der Waals surface area contributed by atoms with Gasteiger partial charge in [0.2, 0.25) is 0 Å². The molecular weight excluding hydrogens is 234 g/mol. The summed E-state index contributed by atoms with van der Waals surface area (Å²) in [4.78, 5) is 5.10. The van der Waals surface area contributed by atoms with E-state index in [-0.39, 0.29) is 0 Å². The van der Waals surface area contributed by atoms with Crippen LogP contribution in [0.5, 0.6) is 0 Å². The average molecular weight is 267 g/mol. The zero-order valence-corrected chi connectivity index (χ0v) is 13.6. The van der Waals surface area contributed by atoms with Crippen LogP contribution in [0.2, 0.25) is 0 Å². The van der Waals surface area contributed by atoms with E-state index in [1.54, 1.807) is 0 Å². The molecule has 3 atom stereocenters. The smallest absolute Gasteiger partial charge is 0.0309 e. The lowest BCUT2D eigenvalue weighted by Gasteiger charge is -2.49. The SMILES string of the molecule is CCC1CNC(C)(C2CC2)CN1C(C)CCN(C)C. The molecule has 19 heavy (non-hydrogen) atoms. The third kappa shape index (κ3) is 3.71. The first-order valence-electron chi connectivity index (χ1n) is 8.11. The fraction of sp³-hybridized carbons (Fsp3) is 1.00. The van der Waals surface area contributed by atoms with Gasteiger partial charge in [0, 0.05) is 30.7 Å². The van der Waals surface area contributed by atoms with Crippen molar-refractivity contribution < 1.29 is 0 Å². The van der Waals surface area contributed by atoms with Crippen molar-refractivity contribution in [1.82, 2.24) is 15.1 Å². The second-order valence-electron chi connectivity index (χ2n) is 7.25. The Bertz CT molecular complexity index is 288. The summed E-state index contributed by atoms with van der Waals surface area (Å²) in [6.07, 6.45) is 5.41. The summed E-state index contributed by atoms with van der Waals surface area (Å²) in [5.74, 6) is 0.925. The second-order valence-corrected chi connectivity index (χ2v) is 7.25. The highest BCUT2D eigenvalue weighted by atomic mass is 15.3. The van der Waals surface area contributed by atoms with Crippen molar-refractivity contribution in [3.63, 3.8) is 0 Å². The Hall–Kier alpha value is -0.120. The second kappa shape index (κ2) is 6.11. The van der Waals surface area contributed by atoms with Crippen LogP contribution in [0.1, 0.15) is 46.5 Å². The van der Waals surface area contributed by atoms with Crippen molar-refractivity contribution in [2.24, 2.45) is 5.92 Å². The molecule has 2 rings (SSSR count). The summed E-state index contributed by atoms with van der Waals surface area (Å²) in [5.41, 5.74) is 0.373. The van der Waals surface area contributed by atoms with Gasteiger partial charge >= 0.3 is 0 Å². The van der Waals surface area contributed by atoms with Gasteiger partial charge in [-0.15, -0.1) is 0 Å². The standard InChI is InChI=1S/C16H33N3/c1-6-15-11-17-16(3,14-7-8-14)12-19(15)13(2)9-10-18(4)5/h13-15,17H,6-12H2,1-5H3. The van der Waals surface area contributed by atoms with E-state index in [1.165, 1.54) is 45.3 Å². The van der Waals surface area contributed by atoms with Gasteiger partial charge in [0.15, 0.2) is 0 Å².